The first kappa shape index (κ1) is 12.2. The molecule has 5 heteroatoms. The number of phenols is 1. The second-order valence-electron chi connectivity index (χ2n) is 3.35. The van der Waals surface area contributed by atoms with E-state index in [2.05, 4.69) is 0 Å². The Kier molecular flexibility index (Phi) is 3.61. The highest BCUT2D eigenvalue weighted by Crippen LogP contribution is 2.24. The summed E-state index contributed by atoms with van der Waals surface area (Å²) in [6.07, 6.45) is -2.96. The van der Waals surface area contributed by atoms with Gasteiger partial charge in [-0.25, -0.2) is 0 Å². The van der Waals surface area contributed by atoms with Crippen molar-refractivity contribution in [1.29, 1.82) is 5.26 Å². The van der Waals surface area contributed by atoms with Gasteiger partial charge in [-0.15, -0.1) is 0 Å². The number of rotatable bonds is 3. The molecule has 5 nitrogen and oxygen atoms in total. The molecule has 0 aliphatic heterocycles. The van der Waals surface area contributed by atoms with Gasteiger partial charge in [-0.2, -0.15) is 5.26 Å². The fraction of sp³-hybridized carbons (Fsp3) is 0.273. The Labute approximate surface area is 92.2 Å². The number of benzene rings is 1. The van der Waals surface area contributed by atoms with Crippen molar-refractivity contribution in [3.05, 3.63) is 29.3 Å². The Morgan fingerprint density at radius 2 is 2.06 bits per heavy atom. The number of ketones is 1. The van der Waals surface area contributed by atoms with Crippen LogP contribution in [0.3, 0.4) is 0 Å². The van der Waals surface area contributed by atoms with Crippen LogP contribution in [0.4, 0.5) is 0 Å². The quantitative estimate of drug-likeness (QED) is 0.510. The molecule has 0 saturated heterocycles. The molecule has 0 aromatic heterocycles. The lowest BCUT2D eigenvalue weighted by atomic mass is 10.0. The summed E-state index contributed by atoms with van der Waals surface area (Å²) in [4.78, 5) is 11.1. The van der Waals surface area contributed by atoms with E-state index in [4.69, 9.17) is 10.4 Å². The topological polar surface area (TPSA) is 102 Å². The van der Waals surface area contributed by atoms with Crippen molar-refractivity contribution in [3.63, 3.8) is 0 Å². The highest BCUT2D eigenvalue weighted by molar-refractivity contribution is 5.96. The number of carbonyl (C=O) groups is 1. The molecule has 0 spiro atoms. The molecule has 2 unspecified atom stereocenters. The molecule has 84 valence electrons. The summed E-state index contributed by atoms with van der Waals surface area (Å²) in [5, 5.41) is 36.4. The zero-order valence-corrected chi connectivity index (χ0v) is 8.58. The van der Waals surface area contributed by atoms with Crippen LogP contribution < -0.4 is 0 Å². The van der Waals surface area contributed by atoms with E-state index < -0.39 is 12.2 Å². The van der Waals surface area contributed by atoms with Crippen molar-refractivity contribution in [2.24, 2.45) is 0 Å². The van der Waals surface area contributed by atoms with E-state index >= 15 is 0 Å². The third-order valence-corrected chi connectivity index (χ3v) is 2.17. The summed E-state index contributed by atoms with van der Waals surface area (Å²) >= 11 is 0. The van der Waals surface area contributed by atoms with Crippen molar-refractivity contribution in [1.82, 2.24) is 0 Å². The van der Waals surface area contributed by atoms with Gasteiger partial charge in [0.25, 0.3) is 0 Å². The van der Waals surface area contributed by atoms with E-state index in [-0.39, 0.29) is 22.7 Å². The Morgan fingerprint density at radius 3 is 2.56 bits per heavy atom. The van der Waals surface area contributed by atoms with E-state index in [0.717, 1.165) is 0 Å². The van der Waals surface area contributed by atoms with E-state index in [9.17, 15) is 15.0 Å². The lowest BCUT2D eigenvalue weighted by molar-refractivity contribution is 0.0527. The first-order valence-corrected chi connectivity index (χ1v) is 4.57. The summed E-state index contributed by atoms with van der Waals surface area (Å²) in [7, 11) is 0. The Morgan fingerprint density at radius 1 is 1.44 bits per heavy atom. The number of nitriles is 1. The standard InChI is InChI=1S/C11H11NO4/c1-6(13)8-4-7(2-3-9(8)14)11(16)10(15)5-12/h2-4,10-11,14-16H,1H3. The number of aliphatic hydroxyl groups is 2. The predicted molar refractivity (Wildman–Crippen MR) is 54.7 cm³/mol. The molecular weight excluding hydrogens is 210 g/mol. The number of hydrogen-bond acceptors (Lipinski definition) is 5. The van der Waals surface area contributed by atoms with Crippen molar-refractivity contribution in [3.8, 4) is 11.8 Å². The van der Waals surface area contributed by atoms with Gasteiger partial charge in [0.2, 0.25) is 0 Å². The fourth-order valence-electron chi connectivity index (χ4n) is 1.27. The summed E-state index contributed by atoms with van der Waals surface area (Å²) < 4.78 is 0. The largest absolute Gasteiger partial charge is 0.507 e. The highest BCUT2D eigenvalue weighted by Gasteiger charge is 2.19. The molecule has 0 radical (unpaired) electrons. The number of aliphatic hydroxyl groups excluding tert-OH is 2. The van der Waals surface area contributed by atoms with Crippen molar-refractivity contribution in [2.75, 3.05) is 0 Å². The van der Waals surface area contributed by atoms with Gasteiger partial charge in [-0.1, -0.05) is 6.07 Å². The van der Waals surface area contributed by atoms with Gasteiger partial charge in [-0.3, -0.25) is 4.79 Å². The smallest absolute Gasteiger partial charge is 0.170 e. The van der Waals surface area contributed by atoms with E-state index in [0.29, 0.717) is 0 Å². The number of phenolic OH excluding ortho intramolecular Hbond substituents is 1. The van der Waals surface area contributed by atoms with Gasteiger partial charge in [0.15, 0.2) is 11.9 Å². The maximum atomic E-state index is 11.1. The summed E-state index contributed by atoms with van der Waals surface area (Å²) in [5.74, 6) is -0.562. The molecule has 16 heavy (non-hydrogen) atoms. The number of aromatic hydroxyl groups is 1. The second kappa shape index (κ2) is 4.75. The lowest BCUT2D eigenvalue weighted by Crippen LogP contribution is -2.16. The third kappa shape index (κ3) is 2.37. The Balaban J connectivity index is 3.13. The monoisotopic (exact) mass is 221 g/mol. The number of carbonyl (C=O) groups excluding carboxylic acids is 1. The van der Waals surface area contributed by atoms with Crippen LogP contribution in [0.2, 0.25) is 0 Å². The van der Waals surface area contributed by atoms with Crippen LogP contribution >= 0.6 is 0 Å². The van der Waals surface area contributed by atoms with Gasteiger partial charge < -0.3 is 15.3 Å². The molecule has 1 aromatic carbocycles. The van der Waals surface area contributed by atoms with Crippen LogP contribution in [0.1, 0.15) is 28.9 Å². The second-order valence-corrected chi connectivity index (χ2v) is 3.35. The molecule has 0 heterocycles. The average molecular weight is 221 g/mol. The molecule has 0 aliphatic rings. The zero-order chi connectivity index (χ0) is 12.3. The van der Waals surface area contributed by atoms with Crippen LogP contribution in [0.5, 0.6) is 5.75 Å². The summed E-state index contributed by atoms with van der Waals surface area (Å²) in [6, 6.07) is 5.31. The van der Waals surface area contributed by atoms with Gasteiger partial charge in [-0.05, 0) is 24.6 Å². The Bertz CT molecular complexity index is 450. The molecule has 0 fully saturated rings. The average Bonchev–Trinajstić information content (AvgIpc) is 2.27. The zero-order valence-electron chi connectivity index (χ0n) is 8.58. The first-order valence-electron chi connectivity index (χ1n) is 4.57. The predicted octanol–water partition coefficient (Wildman–Crippen LogP) is 0.513. The van der Waals surface area contributed by atoms with Crippen molar-refractivity contribution >= 4 is 5.78 Å². The normalized spacial score (nSPS) is 13.9. The first-order chi connectivity index (χ1) is 7.47. The fourth-order valence-corrected chi connectivity index (χ4v) is 1.27. The van der Waals surface area contributed by atoms with Crippen LogP contribution in [-0.2, 0) is 0 Å². The number of Topliss-reactive ketones (excluding diaryl/α,β-unsaturated/α-hetero) is 1. The molecule has 2 atom stereocenters. The van der Waals surface area contributed by atoms with E-state index in [1.807, 2.05) is 0 Å². The number of hydrogen-bond donors (Lipinski definition) is 3. The molecular formula is C11H11NO4. The minimum absolute atomic E-state index is 0.0432. The van der Waals surface area contributed by atoms with Crippen molar-refractivity contribution in [2.45, 2.75) is 19.1 Å². The van der Waals surface area contributed by atoms with Crippen LogP contribution in [0.25, 0.3) is 0 Å². The summed E-state index contributed by atoms with van der Waals surface area (Å²) in [6.45, 7) is 1.27. The minimum Gasteiger partial charge on any atom is -0.507 e. The van der Waals surface area contributed by atoms with Gasteiger partial charge >= 0.3 is 0 Å². The van der Waals surface area contributed by atoms with E-state index in [1.54, 1.807) is 0 Å². The minimum atomic E-state index is -1.57. The number of nitrogens with zero attached hydrogens (tertiary/aromatic N) is 1. The van der Waals surface area contributed by atoms with Crippen molar-refractivity contribution < 1.29 is 20.1 Å². The molecule has 0 saturated carbocycles. The SMILES string of the molecule is CC(=O)c1cc(C(O)C(O)C#N)ccc1O. The molecule has 0 amide bonds. The third-order valence-electron chi connectivity index (χ3n) is 2.17. The van der Waals surface area contributed by atoms with Crippen LogP contribution in [0, 0.1) is 11.3 Å². The summed E-state index contributed by atoms with van der Waals surface area (Å²) in [5.41, 5.74) is 0.249. The van der Waals surface area contributed by atoms with Crippen LogP contribution in [0.15, 0.2) is 18.2 Å². The molecule has 3 N–H and O–H groups in total. The Hall–Kier alpha value is -1.90. The van der Waals surface area contributed by atoms with E-state index in [1.165, 1.54) is 31.2 Å². The van der Waals surface area contributed by atoms with Gasteiger partial charge in [0, 0.05) is 0 Å². The molecule has 1 aromatic rings. The highest BCUT2D eigenvalue weighted by atomic mass is 16.3. The van der Waals surface area contributed by atoms with Crippen LogP contribution in [-0.4, -0.2) is 27.2 Å². The maximum Gasteiger partial charge on any atom is 0.170 e. The molecule has 0 bridgehead atoms. The maximum absolute atomic E-state index is 11.1. The van der Waals surface area contributed by atoms with Gasteiger partial charge in [0.1, 0.15) is 11.9 Å². The lowest BCUT2D eigenvalue weighted by Gasteiger charge is -2.13. The van der Waals surface area contributed by atoms with Gasteiger partial charge in [0.05, 0.1) is 11.6 Å². The molecule has 1 rings (SSSR count). The molecule has 0 aliphatic carbocycles.